The molecule has 4 nitrogen and oxygen atoms in total. The standard InChI is InChI=1S/C13H19N3OS/c1-9(5-6-18(4)17)16-13-7-10(2)15-11(3)12(13)8-14/h7,9H,5-6H2,1-4H3,(H,15,16). The highest BCUT2D eigenvalue weighted by Crippen LogP contribution is 2.20. The minimum absolute atomic E-state index is 0.183. The Balaban J connectivity index is 2.84. The molecule has 2 unspecified atom stereocenters. The van der Waals surface area contributed by atoms with Crippen molar-refractivity contribution in [1.82, 2.24) is 4.98 Å². The summed E-state index contributed by atoms with van der Waals surface area (Å²) in [6, 6.07) is 4.24. The predicted octanol–water partition coefficient (Wildman–Crippen LogP) is 2.14. The first kappa shape index (κ1) is 14.7. The van der Waals surface area contributed by atoms with Gasteiger partial charge in [0.1, 0.15) is 6.07 Å². The highest BCUT2D eigenvalue weighted by atomic mass is 32.2. The van der Waals surface area contributed by atoms with E-state index >= 15 is 0 Å². The lowest BCUT2D eigenvalue weighted by atomic mass is 10.1. The van der Waals surface area contributed by atoms with E-state index in [-0.39, 0.29) is 6.04 Å². The van der Waals surface area contributed by atoms with Crippen LogP contribution in [-0.4, -0.2) is 27.2 Å². The van der Waals surface area contributed by atoms with Gasteiger partial charge in [-0.25, -0.2) is 0 Å². The van der Waals surface area contributed by atoms with Gasteiger partial charge in [0.25, 0.3) is 0 Å². The average molecular weight is 265 g/mol. The van der Waals surface area contributed by atoms with Crippen LogP contribution in [0.5, 0.6) is 0 Å². The molecular formula is C13H19N3OS. The smallest absolute Gasteiger partial charge is 0.103 e. The Kier molecular flexibility index (Phi) is 5.29. The molecule has 0 spiro atoms. The number of hydrogen-bond acceptors (Lipinski definition) is 4. The number of pyridine rings is 1. The molecule has 0 saturated heterocycles. The molecule has 0 bridgehead atoms. The van der Waals surface area contributed by atoms with Crippen LogP contribution in [-0.2, 0) is 10.8 Å². The van der Waals surface area contributed by atoms with Gasteiger partial charge in [-0.2, -0.15) is 5.26 Å². The molecule has 18 heavy (non-hydrogen) atoms. The number of rotatable bonds is 5. The van der Waals surface area contributed by atoms with E-state index in [0.29, 0.717) is 11.3 Å². The molecular weight excluding hydrogens is 246 g/mol. The summed E-state index contributed by atoms with van der Waals surface area (Å²) in [6.07, 6.45) is 2.52. The first-order chi connectivity index (χ1) is 8.43. The number of aromatic nitrogens is 1. The normalized spacial score (nSPS) is 13.7. The van der Waals surface area contributed by atoms with Gasteiger partial charge in [0.15, 0.2) is 0 Å². The van der Waals surface area contributed by atoms with Gasteiger partial charge >= 0.3 is 0 Å². The maximum atomic E-state index is 11.1. The van der Waals surface area contributed by atoms with Crippen LogP contribution in [0.2, 0.25) is 0 Å². The molecule has 0 radical (unpaired) electrons. The fourth-order valence-corrected chi connectivity index (χ4v) is 2.45. The second-order valence-electron chi connectivity index (χ2n) is 4.49. The van der Waals surface area contributed by atoms with Crippen LogP contribution in [0.1, 0.15) is 30.3 Å². The van der Waals surface area contributed by atoms with Crippen molar-refractivity contribution in [1.29, 1.82) is 5.26 Å². The van der Waals surface area contributed by atoms with Gasteiger partial charge in [-0.05, 0) is 33.3 Å². The molecule has 0 aliphatic heterocycles. The average Bonchev–Trinajstić information content (AvgIpc) is 2.26. The van der Waals surface area contributed by atoms with Crippen molar-refractivity contribution >= 4 is 16.5 Å². The van der Waals surface area contributed by atoms with Crippen molar-refractivity contribution in [3.05, 3.63) is 23.0 Å². The molecule has 2 atom stereocenters. The topological polar surface area (TPSA) is 65.8 Å². The highest BCUT2D eigenvalue weighted by Gasteiger charge is 2.10. The van der Waals surface area contributed by atoms with E-state index in [2.05, 4.69) is 16.4 Å². The quantitative estimate of drug-likeness (QED) is 0.885. The second-order valence-corrected chi connectivity index (χ2v) is 6.05. The SMILES string of the molecule is Cc1cc(NC(C)CCS(C)=O)c(C#N)c(C)n1. The van der Waals surface area contributed by atoms with Crippen LogP contribution in [0.3, 0.4) is 0 Å². The minimum atomic E-state index is -0.777. The molecule has 0 aliphatic carbocycles. The minimum Gasteiger partial charge on any atom is -0.381 e. The Hall–Kier alpha value is -1.41. The van der Waals surface area contributed by atoms with Crippen LogP contribution in [0.25, 0.3) is 0 Å². The van der Waals surface area contributed by atoms with Gasteiger partial charge in [-0.3, -0.25) is 9.19 Å². The van der Waals surface area contributed by atoms with E-state index < -0.39 is 10.8 Å². The maximum absolute atomic E-state index is 11.1. The molecule has 5 heteroatoms. The Bertz CT molecular complexity index is 494. The molecule has 0 aliphatic rings. The number of nitrogens with one attached hydrogen (secondary N) is 1. The lowest BCUT2D eigenvalue weighted by Crippen LogP contribution is -2.19. The summed E-state index contributed by atoms with van der Waals surface area (Å²) >= 11 is 0. The van der Waals surface area contributed by atoms with Crippen LogP contribution in [0, 0.1) is 25.2 Å². The monoisotopic (exact) mass is 265 g/mol. The first-order valence-corrected chi connectivity index (χ1v) is 7.61. The van der Waals surface area contributed by atoms with E-state index in [1.165, 1.54) is 0 Å². The first-order valence-electron chi connectivity index (χ1n) is 5.89. The molecule has 0 aromatic carbocycles. The Morgan fingerprint density at radius 3 is 2.78 bits per heavy atom. The lowest BCUT2D eigenvalue weighted by Gasteiger charge is -2.17. The molecule has 1 aromatic rings. The van der Waals surface area contributed by atoms with Crippen molar-refractivity contribution in [2.75, 3.05) is 17.3 Å². The summed E-state index contributed by atoms with van der Waals surface area (Å²) in [6.45, 7) is 5.77. The van der Waals surface area contributed by atoms with Crippen molar-refractivity contribution in [3.8, 4) is 6.07 Å². The summed E-state index contributed by atoms with van der Waals surface area (Å²) in [5.74, 6) is 0.666. The van der Waals surface area contributed by atoms with Gasteiger partial charge in [-0.1, -0.05) is 0 Å². The summed E-state index contributed by atoms with van der Waals surface area (Å²) < 4.78 is 11.1. The molecule has 0 saturated carbocycles. The number of nitrogens with zero attached hydrogens (tertiary/aromatic N) is 2. The van der Waals surface area contributed by atoms with Crippen molar-refractivity contribution < 1.29 is 4.21 Å². The number of anilines is 1. The lowest BCUT2D eigenvalue weighted by molar-refractivity contribution is 0.678. The van der Waals surface area contributed by atoms with Crippen LogP contribution in [0.15, 0.2) is 6.07 Å². The molecule has 0 amide bonds. The zero-order chi connectivity index (χ0) is 13.7. The van der Waals surface area contributed by atoms with Gasteiger partial charge in [0.05, 0.1) is 16.9 Å². The largest absolute Gasteiger partial charge is 0.381 e. The van der Waals surface area contributed by atoms with E-state index in [1.54, 1.807) is 6.26 Å². The Morgan fingerprint density at radius 1 is 1.56 bits per heavy atom. The molecule has 1 N–H and O–H groups in total. The molecule has 98 valence electrons. The van der Waals surface area contributed by atoms with E-state index in [9.17, 15) is 4.21 Å². The van der Waals surface area contributed by atoms with E-state index in [1.807, 2.05) is 26.8 Å². The van der Waals surface area contributed by atoms with E-state index in [4.69, 9.17) is 5.26 Å². The zero-order valence-corrected chi connectivity index (χ0v) is 12.1. The van der Waals surface area contributed by atoms with Crippen LogP contribution in [0.4, 0.5) is 5.69 Å². The zero-order valence-electron chi connectivity index (χ0n) is 11.3. The number of hydrogen-bond donors (Lipinski definition) is 1. The summed E-state index contributed by atoms with van der Waals surface area (Å²) in [5, 5.41) is 12.4. The van der Waals surface area contributed by atoms with Gasteiger partial charge in [0.2, 0.25) is 0 Å². The van der Waals surface area contributed by atoms with Gasteiger partial charge < -0.3 is 5.32 Å². The number of nitriles is 1. The molecule has 1 aromatic heterocycles. The van der Waals surface area contributed by atoms with Gasteiger partial charge in [0, 0.05) is 34.5 Å². The summed E-state index contributed by atoms with van der Waals surface area (Å²) in [5.41, 5.74) is 3.04. The fourth-order valence-electron chi connectivity index (χ4n) is 1.76. The third-order valence-corrected chi connectivity index (χ3v) is 3.49. The van der Waals surface area contributed by atoms with Crippen molar-refractivity contribution in [2.45, 2.75) is 33.2 Å². The fraction of sp³-hybridized carbons (Fsp3) is 0.538. The molecule has 0 fully saturated rings. The van der Waals surface area contributed by atoms with Crippen LogP contribution < -0.4 is 5.32 Å². The van der Waals surface area contributed by atoms with Gasteiger partial charge in [-0.15, -0.1) is 0 Å². The third-order valence-electron chi connectivity index (χ3n) is 2.68. The van der Waals surface area contributed by atoms with Crippen molar-refractivity contribution in [2.24, 2.45) is 0 Å². The van der Waals surface area contributed by atoms with Crippen LogP contribution >= 0.6 is 0 Å². The highest BCUT2D eigenvalue weighted by molar-refractivity contribution is 7.84. The summed E-state index contributed by atoms with van der Waals surface area (Å²) in [7, 11) is -0.777. The second kappa shape index (κ2) is 6.50. The molecule has 1 heterocycles. The Labute approximate surface area is 111 Å². The molecule has 1 rings (SSSR count). The summed E-state index contributed by atoms with van der Waals surface area (Å²) in [4.78, 5) is 4.28. The number of aryl methyl sites for hydroxylation is 2. The third kappa shape index (κ3) is 4.11. The van der Waals surface area contributed by atoms with E-state index in [0.717, 1.165) is 23.5 Å². The maximum Gasteiger partial charge on any atom is 0.103 e. The Morgan fingerprint density at radius 2 is 2.22 bits per heavy atom. The predicted molar refractivity (Wildman–Crippen MR) is 75.1 cm³/mol. The van der Waals surface area contributed by atoms with Crippen molar-refractivity contribution in [3.63, 3.8) is 0 Å².